The number of esters is 1. The van der Waals surface area contributed by atoms with Crippen LogP contribution in [0, 0.1) is 0 Å². The van der Waals surface area contributed by atoms with Crippen LogP contribution >= 0.6 is 0 Å². The van der Waals surface area contributed by atoms with Crippen LogP contribution in [0.4, 0.5) is 4.79 Å². The zero-order chi connectivity index (χ0) is 24.0. The highest BCUT2D eigenvalue weighted by molar-refractivity contribution is 6.74. The van der Waals surface area contributed by atoms with Crippen LogP contribution in [0.2, 0.25) is 18.1 Å². The number of hydrogen-bond donors (Lipinski definition) is 0. The molecule has 1 heterocycles. The van der Waals surface area contributed by atoms with Crippen LogP contribution in [0.25, 0.3) is 0 Å². The van der Waals surface area contributed by atoms with E-state index in [1.54, 1.807) is 17.0 Å². The maximum Gasteiger partial charge on any atom is 0.410 e. The Kier molecular flexibility index (Phi) is 9.07. The Morgan fingerprint density at radius 3 is 2.16 bits per heavy atom. The molecule has 9 heteroatoms. The number of amides is 1. The number of carbonyl (C=O) groups is 2. The minimum absolute atomic E-state index is 0.0700. The summed E-state index contributed by atoms with van der Waals surface area (Å²) in [6, 6.07) is 3.24. The molecule has 0 aromatic carbocycles. The van der Waals surface area contributed by atoms with Gasteiger partial charge in [0, 0.05) is 12.1 Å². The number of aromatic nitrogens is 1. The van der Waals surface area contributed by atoms with Crippen LogP contribution in [-0.2, 0) is 20.4 Å². The lowest BCUT2D eigenvalue weighted by Crippen LogP contribution is -2.44. The number of nitrogens with zero attached hydrogens (tertiary/aromatic N) is 2. The summed E-state index contributed by atoms with van der Waals surface area (Å²) in [7, 11) is 0.798. The second-order valence-electron chi connectivity index (χ2n) is 9.87. The van der Waals surface area contributed by atoms with Crippen LogP contribution in [0.5, 0.6) is 5.88 Å². The molecule has 1 amide bonds. The molecule has 0 spiro atoms. The predicted octanol–water partition coefficient (Wildman–Crippen LogP) is 4.64. The van der Waals surface area contributed by atoms with E-state index in [4.69, 9.17) is 18.6 Å². The Bertz CT molecular complexity index is 768. The fraction of sp³-hybridized carbons (Fsp3) is 0.682. The first kappa shape index (κ1) is 26.9. The quantitative estimate of drug-likeness (QED) is 0.418. The van der Waals surface area contributed by atoms with E-state index in [0.29, 0.717) is 18.7 Å². The van der Waals surface area contributed by atoms with Gasteiger partial charge in [0.1, 0.15) is 5.60 Å². The third-order valence-corrected chi connectivity index (χ3v) is 9.71. The van der Waals surface area contributed by atoms with Gasteiger partial charge in [-0.05, 0) is 51.0 Å². The summed E-state index contributed by atoms with van der Waals surface area (Å²) in [6.45, 7) is 17.3. The summed E-state index contributed by atoms with van der Waals surface area (Å²) >= 11 is 0. The highest BCUT2D eigenvalue weighted by atomic mass is 28.4. The molecule has 8 nitrogen and oxygen atoms in total. The van der Waals surface area contributed by atoms with E-state index in [1.807, 2.05) is 20.8 Å². The Balaban J connectivity index is 3.07. The summed E-state index contributed by atoms with van der Waals surface area (Å²) in [6.07, 6.45) is -0.453. The van der Waals surface area contributed by atoms with E-state index in [9.17, 15) is 9.59 Å². The van der Waals surface area contributed by atoms with Crippen molar-refractivity contribution in [1.82, 2.24) is 9.88 Å². The van der Waals surface area contributed by atoms with Gasteiger partial charge in [-0.1, -0.05) is 20.8 Å². The standard InChI is InChI=1S/C22H38N2O6Si/c1-21(2,3)30-20(26)24(13-14-29-31(9,10)22(4,5)6)15-16-11-12-17(19(25)28-8)23-18(16)27-7/h11-12H,13-15H2,1-10H3. The molecule has 176 valence electrons. The normalized spacial score (nSPS) is 12.3. The van der Waals surface area contributed by atoms with Crippen LogP contribution < -0.4 is 4.74 Å². The molecule has 31 heavy (non-hydrogen) atoms. The Hall–Kier alpha value is -2.13. The second-order valence-corrected chi connectivity index (χ2v) is 14.7. The molecule has 0 fully saturated rings. The van der Waals surface area contributed by atoms with Crippen LogP contribution in [0.1, 0.15) is 57.6 Å². The van der Waals surface area contributed by atoms with Crippen molar-refractivity contribution < 1.29 is 28.2 Å². The average Bonchev–Trinajstić information content (AvgIpc) is 2.64. The number of hydrogen-bond acceptors (Lipinski definition) is 7. The third-order valence-electron chi connectivity index (χ3n) is 5.17. The lowest BCUT2D eigenvalue weighted by Gasteiger charge is -2.37. The van der Waals surface area contributed by atoms with Crippen molar-refractivity contribution in [2.45, 2.75) is 71.8 Å². The number of methoxy groups -OCH3 is 2. The SMILES string of the molecule is COC(=O)c1ccc(CN(CCO[Si](C)(C)C(C)(C)C)C(=O)OC(C)(C)C)c(OC)n1. The Morgan fingerprint density at radius 2 is 1.68 bits per heavy atom. The van der Waals surface area contributed by atoms with Crippen LogP contribution in [0.15, 0.2) is 12.1 Å². The fourth-order valence-electron chi connectivity index (χ4n) is 2.38. The van der Waals surface area contributed by atoms with Gasteiger partial charge in [0.15, 0.2) is 14.0 Å². The van der Waals surface area contributed by atoms with E-state index >= 15 is 0 Å². The molecule has 0 aliphatic rings. The first-order valence-corrected chi connectivity index (χ1v) is 13.3. The topological polar surface area (TPSA) is 87.2 Å². The number of ether oxygens (including phenoxy) is 3. The molecule has 0 radical (unpaired) electrons. The summed E-state index contributed by atoms with van der Waals surface area (Å²) < 4.78 is 21.9. The summed E-state index contributed by atoms with van der Waals surface area (Å²) in [5.41, 5.74) is 0.147. The van der Waals surface area contributed by atoms with Crippen molar-refractivity contribution in [2.24, 2.45) is 0 Å². The molecular weight excluding hydrogens is 416 g/mol. The maximum absolute atomic E-state index is 12.9. The third kappa shape index (κ3) is 8.14. The largest absolute Gasteiger partial charge is 0.481 e. The molecule has 0 unspecified atom stereocenters. The molecular formula is C22H38N2O6Si. The monoisotopic (exact) mass is 454 g/mol. The van der Waals surface area contributed by atoms with E-state index < -0.39 is 26.0 Å². The van der Waals surface area contributed by atoms with E-state index in [1.165, 1.54) is 14.2 Å². The lowest BCUT2D eigenvalue weighted by molar-refractivity contribution is 0.0203. The zero-order valence-electron chi connectivity index (χ0n) is 20.6. The summed E-state index contributed by atoms with van der Waals surface area (Å²) in [4.78, 5) is 30.4. The van der Waals surface area contributed by atoms with Gasteiger partial charge in [0.2, 0.25) is 5.88 Å². The van der Waals surface area contributed by atoms with E-state index in [2.05, 4.69) is 38.8 Å². The van der Waals surface area contributed by atoms with Gasteiger partial charge in [-0.25, -0.2) is 14.6 Å². The van der Waals surface area contributed by atoms with Crippen LogP contribution in [-0.4, -0.2) is 63.2 Å². The number of rotatable bonds is 8. The van der Waals surface area contributed by atoms with Gasteiger partial charge in [-0.3, -0.25) is 0 Å². The van der Waals surface area contributed by atoms with Crippen LogP contribution in [0.3, 0.4) is 0 Å². The zero-order valence-corrected chi connectivity index (χ0v) is 21.6. The van der Waals surface area contributed by atoms with Crippen molar-refractivity contribution in [2.75, 3.05) is 27.4 Å². The minimum atomic E-state index is -1.95. The molecule has 0 aliphatic carbocycles. The van der Waals surface area contributed by atoms with Crippen molar-refractivity contribution in [3.8, 4) is 5.88 Å². The highest BCUT2D eigenvalue weighted by Gasteiger charge is 2.37. The van der Waals surface area contributed by atoms with E-state index in [0.717, 1.165) is 0 Å². The van der Waals surface area contributed by atoms with Gasteiger partial charge in [-0.15, -0.1) is 0 Å². The summed E-state index contributed by atoms with van der Waals surface area (Å²) in [5.74, 6) is -0.307. The van der Waals surface area contributed by atoms with Gasteiger partial charge >= 0.3 is 12.1 Å². The fourth-order valence-corrected chi connectivity index (χ4v) is 3.41. The Labute approximate surface area is 187 Å². The van der Waals surface area contributed by atoms with Crippen molar-refractivity contribution in [3.63, 3.8) is 0 Å². The predicted molar refractivity (Wildman–Crippen MR) is 122 cm³/mol. The minimum Gasteiger partial charge on any atom is -0.481 e. The second kappa shape index (κ2) is 10.5. The molecule has 0 saturated carbocycles. The molecule has 1 rings (SSSR count). The molecule has 1 aromatic heterocycles. The molecule has 0 N–H and O–H groups in total. The summed E-state index contributed by atoms with van der Waals surface area (Å²) in [5, 5.41) is 0.0700. The highest BCUT2D eigenvalue weighted by Crippen LogP contribution is 2.36. The smallest absolute Gasteiger partial charge is 0.410 e. The van der Waals surface area contributed by atoms with Crippen molar-refractivity contribution in [3.05, 3.63) is 23.4 Å². The maximum atomic E-state index is 12.9. The first-order chi connectivity index (χ1) is 14.1. The van der Waals surface area contributed by atoms with Gasteiger partial charge < -0.3 is 23.5 Å². The number of pyridine rings is 1. The van der Waals surface area contributed by atoms with Gasteiger partial charge in [0.05, 0.1) is 27.4 Å². The lowest BCUT2D eigenvalue weighted by atomic mass is 10.2. The molecule has 0 aliphatic heterocycles. The average molecular weight is 455 g/mol. The molecule has 1 aromatic rings. The number of carbonyl (C=O) groups excluding carboxylic acids is 2. The molecule has 0 saturated heterocycles. The molecule has 0 atom stereocenters. The van der Waals surface area contributed by atoms with Crippen molar-refractivity contribution >= 4 is 20.4 Å². The van der Waals surface area contributed by atoms with E-state index in [-0.39, 0.29) is 23.2 Å². The Morgan fingerprint density at radius 1 is 1.06 bits per heavy atom. The first-order valence-electron chi connectivity index (χ1n) is 10.4. The van der Waals surface area contributed by atoms with Gasteiger partial charge in [0.25, 0.3) is 0 Å². The van der Waals surface area contributed by atoms with Gasteiger partial charge in [-0.2, -0.15) is 0 Å². The molecule has 0 bridgehead atoms. The van der Waals surface area contributed by atoms with Crippen molar-refractivity contribution in [1.29, 1.82) is 0 Å².